The Morgan fingerprint density at radius 3 is 3.06 bits per heavy atom. The van der Waals surface area contributed by atoms with Gasteiger partial charge in [-0.25, -0.2) is 5.84 Å². The van der Waals surface area contributed by atoms with Gasteiger partial charge in [-0.3, -0.25) is 4.90 Å². The van der Waals surface area contributed by atoms with Gasteiger partial charge < -0.3 is 10.3 Å². The molecule has 2 rings (SSSR count). The molecular formula is C10H20N6S. The number of nitrogens with zero attached hydrogens (tertiary/aromatic N) is 4. The zero-order valence-electron chi connectivity index (χ0n) is 10.4. The molecule has 1 aromatic rings. The van der Waals surface area contributed by atoms with Crippen molar-refractivity contribution < 1.29 is 0 Å². The number of likely N-dealkylation sites (N-methyl/N-ethyl adjacent to an activating group) is 1. The summed E-state index contributed by atoms with van der Waals surface area (Å²) in [6.45, 7) is 6.35. The molecule has 0 saturated carbocycles. The zero-order valence-corrected chi connectivity index (χ0v) is 11.2. The first-order valence-corrected chi connectivity index (χ1v) is 6.72. The molecule has 3 N–H and O–H groups in total. The highest BCUT2D eigenvalue weighted by Crippen LogP contribution is 2.20. The molecule has 17 heavy (non-hydrogen) atoms. The average molecular weight is 256 g/mol. The van der Waals surface area contributed by atoms with E-state index in [1.165, 1.54) is 18.0 Å². The van der Waals surface area contributed by atoms with E-state index in [2.05, 4.69) is 38.8 Å². The number of hydrogen-bond acceptors (Lipinski definition) is 7. The molecule has 1 atom stereocenters. The van der Waals surface area contributed by atoms with Gasteiger partial charge >= 0.3 is 0 Å². The van der Waals surface area contributed by atoms with Crippen LogP contribution in [0.3, 0.4) is 0 Å². The number of aromatic nitrogens is 2. The molecule has 0 aromatic carbocycles. The van der Waals surface area contributed by atoms with E-state index in [4.69, 9.17) is 5.84 Å². The van der Waals surface area contributed by atoms with Gasteiger partial charge in [0.1, 0.15) is 10.7 Å². The third-order valence-electron chi connectivity index (χ3n) is 3.39. The summed E-state index contributed by atoms with van der Waals surface area (Å²) in [6, 6.07) is 0.643. The highest BCUT2D eigenvalue weighted by atomic mass is 32.1. The summed E-state index contributed by atoms with van der Waals surface area (Å²) >= 11 is 1.31. The molecule has 96 valence electrons. The van der Waals surface area contributed by atoms with E-state index in [-0.39, 0.29) is 0 Å². The van der Waals surface area contributed by atoms with Gasteiger partial charge in [-0.15, -0.1) is 5.10 Å². The third kappa shape index (κ3) is 2.92. The Balaban J connectivity index is 1.95. The van der Waals surface area contributed by atoms with Crippen LogP contribution in [0.1, 0.15) is 19.0 Å². The Kier molecular flexibility index (Phi) is 4.27. The van der Waals surface area contributed by atoms with Gasteiger partial charge in [0.25, 0.3) is 0 Å². The fourth-order valence-electron chi connectivity index (χ4n) is 2.23. The average Bonchev–Trinajstić information content (AvgIpc) is 2.79. The van der Waals surface area contributed by atoms with Crippen LogP contribution in [-0.2, 0) is 6.54 Å². The Morgan fingerprint density at radius 1 is 1.53 bits per heavy atom. The van der Waals surface area contributed by atoms with Crippen molar-refractivity contribution in [1.29, 1.82) is 0 Å². The van der Waals surface area contributed by atoms with Crippen LogP contribution in [0.4, 0.5) is 5.00 Å². The highest BCUT2D eigenvalue weighted by Gasteiger charge is 2.24. The zero-order chi connectivity index (χ0) is 12.3. The van der Waals surface area contributed by atoms with E-state index in [0.717, 1.165) is 36.9 Å². The summed E-state index contributed by atoms with van der Waals surface area (Å²) in [5, 5.41) is 4.99. The number of nitrogens with one attached hydrogen (secondary N) is 1. The summed E-state index contributed by atoms with van der Waals surface area (Å²) in [7, 11) is 2.20. The number of piperazine rings is 1. The van der Waals surface area contributed by atoms with E-state index in [1.54, 1.807) is 0 Å². The van der Waals surface area contributed by atoms with Gasteiger partial charge in [0.15, 0.2) is 0 Å². The largest absolute Gasteiger partial charge is 0.313 e. The van der Waals surface area contributed by atoms with E-state index >= 15 is 0 Å². The first-order valence-electron chi connectivity index (χ1n) is 5.95. The molecule has 7 heteroatoms. The summed E-state index contributed by atoms with van der Waals surface area (Å²) in [5.41, 5.74) is 3.61. The minimum atomic E-state index is 0.643. The van der Waals surface area contributed by atoms with E-state index in [0.29, 0.717) is 6.04 Å². The van der Waals surface area contributed by atoms with Crippen molar-refractivity contribution in [2.75, 3.05) is 32.1 Å². The summed E-state index contributed by atoms with van der Waals surface area (Å²) < 4.78 is 3.92. The third-order valence-corrected chi connectivity index (χ3v) is 4.09. The fourth-order valence-corrected chi connectivity index (χ4v) is 2.71. The molecule has 1 aliphatic heterocycles. The van der Waals surface area contributed by atoms with Gasteiger partial charge in [-0.1, -0.05) is 11.4 Å². The molecule has 2 heterocycles. The molecule has 1 aliphatic rings. The van der Waals surface area contributed by atoms with Crippen molar-refractivity contribution in [2.24, 2.45) is 5.84 Å². The summed E-state index contributed by atoms with van der Waals surface area (Å²) in [4.78, 5) is 4.85. The molecular weight excluding hydrogens is 236 g/mol. The van der Waals surface area contributed by atoms with Gasteiger partial charge in [0.2, 0.25) is 0 Å². The number of nitrogen functional groups attached to an aromatic ring is 1. The lowest BCUT2D eigenvalue weighted by atomic mass is 10.1. The molecule has 0 amide bonds. The number of hydrazine groups is 1. The number of anilines is 1. The molecule has 0 spiro atoms. The molecule has 1 unspecified atom stereocenters. The van der Waals surface area contributed by atoms with Crippen LogP contribution >= 0.6 is 11.5 Å². The number of nitrogens with two attached hydrogens (primary N) is 1. The first-order chi connectivity index (χ1) is 8.24. The maximum Gasteiger partial charge on any atom is 0.148 e. The topological polar surface area (TPSA) is 70.3 Å². The molecule has 1 saturated heterocycles. The molecule has 6 nitrogen and oxygen atoms in total. The van der Waals surface area contributed by atoms with Crippen molar-refractivity contribution in [1.82, 2.24) is 19.4 Å². The SMILES string of the molecule is CCC1CN(Cc2nnsc2NN)CCN1C. The van der Waals surface area contributed by atoms with Gasteiger partial charge in [0, 0.05) is 43.8 Å². The first kappa shape index (κ1) is 12.7. The van der Waals surface area contributed by atoms with E-state index in [9.17, 15) is 0 Å². The standard InChI is InChI=1S/C10H20N6S/c1-3-8-6-16(5-4-15(8)2)7-9-10(12-11)17-14-13-9/h8,12H,3-7,11H2,1-2H3. The van der Waals surface area contributed by atoms with Crippen molar-refractivity contribution in [3.63, 3.8) is 0 Å². The molecule has 0 aliphatic carbocycles. The van der Waals surface area contributed by atoms with Crippen LogP contribution in [0.15, 0.2) is 0 Å². The van der Waals surface area contributed by atoms with Crippen molar-refractivity contribution in [3.05, 3.63) is 5.69 Å². The monoisotopic (exact) mass is 256 g/mol. The fraction of sp³-hybridized carbons (Fsp3) is 0.800. The van der Waals surface area contributed by atoms with Crippen LogP contribution in [0.25, 0.3) is 0 Å². The van der Waals surface area contributed by atoms with Crippen molar-refractivity contribution in [2.45, 2.75) is 25.9 Å². The van der Waals surface area contributed by atoms with Crippen LogP contribution in [0.5, 0.6) is 0 Å². The minimum absolute atomic E-state index is 0.643. The van der Waals surface area contributed by atoms with Crippen LogP contribution in [-0.4, -0.2) is 52.1 Å². The predicted octanol–water partition coefficient (Wildman–Crippen LogP) is 0.350. The van der Waals surface area contributed by atoms with Gasteiger partial charge in [-0.2, -0.15) is 0 Å². The predicted molar refractivity (Wildman–Crippen MR) is 69.7 cm³/mol. The van der Waals surface area contributed by atoms with Crippen molar-refractivity contribution >= 4 is 16.5 Å². The number of hydrogen-bond donors (Lipinski definition) is 2. The summed E-state index contributed by atoms with van der Waals surface area (Å²) in [5.74, 6) is 5.43. The Hall–Kier alpha value is -0.760. The highest BCUT2D eigenvalue weighted by molar-refractivity contribution is 7.10. The minimum Gasteiger partial charge on any atom is -0.313 e. The smallest absolute Gasteiger partial charge is 0.148 e. The second-order valence-corrected chi connectivity index (χ2v) is 5.23. The summed E-state index contributed by atoms with van der Waals surface area (Å²) in [6.07, 6.45) is 1.18. The second-order valence-electron chi connectivity index (χ2n) is 4.47. The quantitative estimate of drug-likeness (QED) is 0.598. The van der Waals surface area contributed by atoms with Gasteiger partial charge in [-0.05, 0) is 13.5 Å². The van der Waals surface area contributed by atoms with Crippen LogP contribution in [0, 0.1) is 0 Å². The second kappa shape index (κ2) is 5.72. The Labute approximate surface area is 106 Å². The molecule has 1 aromatic heterocycles. The van der Waals surface area contributed by atoms with Crippen molar-refractivity contribution in [3.8, 4) is 0 Å². The molecule has 0 radical (unpaired) electrons. The lowest BCUT2D eigenvalue weighted by Gasteiger charge is -2.38. The van der Waals surface area contributed by atoms with Crippen LogP contribution in [0.2, 0.25) is 0 Å². The lowest BCUT2D eigenvalue weighted by Crippen LogP contribution is -2.50. The molecule has 1 fully saturated rings. The maximum absolute atomic E-state index is 5.43. The lowest BCUT2D eigenvalue weighted by molar-refractivity contribution is 0.0876. The molecule has 0 bridgehead atoms. The van der Waals surface area contributed by atoms with E-state index < -0.39 is 0 Å². The van der Waals surface area contributed by atoms with Gasteiger partial charge in [0.05, 0.1) is 0 Å². The Bertz CT molecular complexity index is 354. The maximum atomic E-state index is 5.43. The van der Waals surface area contributed by atoms with E-state index in [1.807, 2.05) is 0 Å². The number of rotatable bonds is 4. The van der Waals surface area contributed by atoms with Crippen LogP contribution < -0.4 is 11.3 Å². The Morgan fingerprint density at radius 2 is 2.35 bits per heavy atom. The normalized spacial score (nSPS) is 22.9.